The second-order valence-electron chi connectivity index (χ2n) is 6.60. The molecule has 1 aliphatic heterocycles. The van der Waals surface area contributed by atoms with Gasteiger partial charge in [-0.1, -0.05) is 13.8 Å². The van der Waals surface area contributed by atoms with E-state index < -0.39 is 11.6 Å². The molecule has 0 aromatic carbocycles. The van der Waals surface area contributed by atoms with Gasteiger partial charge in [0.1, 0.15) is 0 Å². The van der Waals surface area contributed by atoms with Crippen LogP contribution in [0.25, 0.3) is 0 Å². The number of rotatable bonds is 3. The molecule has 0 aromatic heterocycles. The van der Waals surface area contributed by atoms with Crippen molar-refractivity contribution in [2.75, 3.05) is 20.2 Å². The number of carboxylic acid groups (broad SMARTS) is 1. The molecule has 0 spiro atoms. The Labute approximate surface area is 109 Å². The first-order chi connectivity index (χ1) is 8.38. The number of ether oxygens (including phenoxy) is 1. The van der Waals surface area contributed by atoms with Gasteiger partial charge in [0.25, 0.3) is 0 Å². The first-order valence-electron chi connectivity index (χ1n) is 6.91. The summed E-state index contributed by atoms with van der Waals surface area (Å²) >= 11 is 0. The number of hydrogen-bond donors (Lipinski definition) is 1. The summed E-state index contributed by atoms with van der Waals surface area (Å²) in [6.07, 6.45) is 4.98. The van der Waals surface area contributed by atoms with Crippen molar-refractivity contribution in [1.82, 2.24) is 4.90 Å². The summed E-state index contributed by atoms with van der Waals surface area (Å²) in [4.78, 5) is 13.8. The summed E-state index contributed by atoms with van der Waals surface area (Å²) in [5.74, 6) is -0.809. The Bertz CT molecular complexity index is 319. The summed E-state index contributed by atoms with van der Waals surface area (Å²) < 4.78 is 5.27. The van der Waals surface area contributed by atoms with Crippen molar-refractivity contribution >= 4 is 5.97 Å². The molecule has 2 fully saturated rings. The fourth-order valence-corrected chi connectivity index (χ4v) is 3.47. The highest BCUT2D eigenvalue weighted by atomic mass is 16.5. The molecule has 18 heavy (non-hydrogen) atoms. The Morgan fingerprint density at radius 3 is 2.28 bits per heavy atom. The second kappa shape index (κ2) is 4.82. The molecule has 1 heterocycles. The maximum Gasteiger partial charge on any atom is 0.336 e. The van der Waals surface area contributed by atoms with Crippen molar-refractivity contribution < 1.29 is 14.6 Å². The molecule has 0 aromatic rings. The van der Waals surface area contributed by atoms with Crippen molar-refractivity contribution in [1.29, 1.82) is 0 Å². The predicted octanol–water partition coefficient (Wildman–Crippen LogP) is 2.13. The lowest BCUT2D eigenvalue weighted by Gasteiger charge is -2.40. The van der Waals surface area contributed by atoms with Gasteiger partial charge in [0.05, 0.1) is 0 Å². The SMILES string of the molecule is COC1(C(=O)O)CCN(C2CCC(C)(C)C2)CC1. The fourth-order valence-electron chi connectivity index (χ4n) is 3.47. The van der Waals surface area contributed by atoms with Gasteiger partial charge in [0, 0.05) is 26.2 Å². The normalized spacial score (nSPS) is 31.4. The standard InChI is InChI=1S/C14H25NO3/c1-13(2)5-4-11(10-13)15-8-6-14(18-3,7-9-15)12(16)17/h11H,4-10H2,1-3H3,(H,16,17). The number of aliphatic carboxylic acids is 1. The maximum atomic E-state index is 11.3. The molecule has 1 saturated carbocycles. The molecule has 4 nitrogen and oxygen atoms in total. The van der Waals surface area contributed by atoms with E-state index in [0.717, 1.165) is 13.1 Å². The van der Waals surface area contributed by atoms with Gasteiger partial charge in [-0.15, -0.1) is 0 Å². The third-order valence-electron chi connectivity index (χ3n) is 4.85. The molecule has 0 amide bonds. The number of nitrogens with zero attached hydrogens (tertiary/aromatic N) is 1. The van der Waals surface area contributed by atoms with E-state index in [2.05, 4.69) is 18.7 Å². The van der Waals surface area contributed by atoms with Gasteiger partial charge in [-0.3, -0.25) is 0 Å². The van der Waals surface area contributed by atoms with E-state index in [9.17, 15) is 9.90 Å². The Morgan fingerprint density at radius 1 is 1.28 bits per heavy atom. The molecule has 1 N–H and O–H groups in total. The molecule has 1 unspecified atom stereocenters. The minimum Gasteiger partial charge on any atom is -0.479 e. The van der Waals surface area contributed by atoms with Gasteiger partial charge in [-0.05, 0) is 37.5 Å². The molecule has 0 bridgehead atoms. The van der Waals surface area contributed by atoms with Crippen LogP contribution >= 0.6 is 0 Å². The van der Waals surface area contributed by atoms with Gasteiger partial charge in [0.15, 0.2) is 5.60 Å². The minimum atomic E-state index is -0.940. The lowest BCUT2D eigenvalue weighted by atomic mass is 9.89. The van der Waals surface area contributed by atoms with Crippen LogP contribution in [0.5, 0.6) is 0 Å². The zero-order valence-corrected chi connectivity index (χ0v) is 11.7. The van der Waals surface area contributed by atoms with Crippen LogP contribution in [0.3, 0.4) is 0 Å². The van der Waals surface area contributed by atoms with E-state index in [0.29, 0.717) is 24.3 Å². The lowest BCUT2D eigenvalue weighted by Crippen LogP contribution is -2.52. The highest BCUT2D eigenvalue weighted by molar-refractivity contribution is 5.77. The van der Waals surface area contributed by atoms with Gasteiger partial charge in [-0.2, -0.15) is 0 Å². The van der Waals surface area contributed by atoms with E-state index in [1.807, 2.05) is 0 Å². The molecule has 4 heteroatoms. The highest BCUT2D eigenvalue weighted by Gasteiger charge is 2.44. The van der Waals surface area contributed by atoms with E-state index >= 15 is 0 Å². The zero-order chi connectivity index (χ0) is 13.4. The topological polar surface area (TPSA) is 49.8 Å². The quantitative estimate of drug-likeness (QED) is 0.839. The van der Waals surface area contributed by atoms with Crippen LogP contribution in [-0.4, -0.2) is 47.8 Å². The van der Waals surface area contributed by atoms with Gasteiger partial charge >= 0.3 is 5.97 Å². The Hall–Kier alpha value is -0.610. The molecule has 1 aliphatic carbocycles. The second-order valence-corrected chi connectivity index (χ2v) is 6.60. The van der Waals surface area contributed by atoms with Crippen LogP contribution in [0, 0.1) is 5.41 Å². The number of likely N-dealkylation sites (tertiary alicyclic amines) is 1. The zero-order valence-electron chi connectivity index (χ0n) is 11.7. The average Bonchev–Trinajstić information content (AvgIpc) is 2.69. The molecule has 2 rings (SSSR count). The highest BCUT2D eigenvalue weighted by Crippen LogP contribution is 2.41. The molecule has 1 saturated heterocycles. The molecular formula is C14H25NO3. The molecule has 2 aliphatic rings. The van der Waals surface area contributed by atoms with E-state index in [4.69, 9.17) is 4.74 Å². The van der Waals surface area contributed by atoms with Crippen LogP contribution in [0.1, 0.15) is 46.0 Å². The summed E-state index contributed by atoms with van der Waals surface area (Å²) in [6, 6.07) is 0.642. The summed E-state index contributed by atoms with van der Waals surface area (Å²) in [5.41, 5.74) is -0.488. The van der Waals surface area contributed by atoms with Crippen LogP contribution in [-0.2, 0) is 9.53 Å². The van der Waals surface area contributed by atoms with Crippen molar-refractivity contribution in [3.05, 3.63) is 0 Å². The lowest BCUT2D eigenvalue weighted by molar-refractivity contribution is -0.168. The molecular weight excluding hydrogens is 230 g/mol. The summed E-state index contributed by atoms with van der Waals surface area (Å²) in [6.45, 7) is 6.35. The smallest absolute Gasteiger partial charge is 0.336 e. The molecule has 104 valence electrons. The van der Waals surface area contributed by atoms with E-state index in [1.54, 1.807) is 0 Å². The van der Waals surface area contributed by atoms with Crippen LogP contribution in [0.2, 0.25) is 0 Å². The van der Waals surface area contributed by atoms with Crippen LogP contribution in [0.4, 0.5) is 0 Å². The van der Waals surface area contributed by atoms with E-state index in [1.165, 1.54) is 26.4 Å². The van der Waals surface area contributed by atoms with Crippen molar-refractivity contribution in [3.8, 4) is 0 Å². The third kappa shape index (κ3) is 2.54. The molecule has 0 radical (unpaired) electrons. The Morgan fingerprint density at radius 2 is 1.89 bits per heavy atom. The number of carboxylic acids is 1. The Kier molecular flexibility index (Phi) is 3.70. The number of hydrogen-bond acceptors (Lipinski definition) is 3. The molecule has 1 atom stereocenters. The van der Waals surface area contributed by atoms with Crippen molar-refractivity contribution in [2.45, 2.75) is 57.6 Å². The number of piperidine rings is 1. The van der Waals surface area contributed by atoms with Gasteiger partial charge in [0.2, 0.25) is 0 Å². The first kappa shape index (κ1) is 13.8. The Balaban J connectivity index is 1.93. The minimum absolute atomic E-state index is 0.452. The number of methoxy groups -OCH3 is 1. The third-order valence-corrected chi connectivity index (χ3v) is 4.85. The van der Waals surface area contributed by atoms with E-state index in [-0.39, 0.29) is 0 Å². The number of carbonyl (C=O) groups is 1. The average molecular weight is 255 g/mol. The largest absolute Gasteiger partial charge is 0.479 e. The summed E-state index contributed by atoms with van der Waals surface area (Å²) in [7, 11) is 1.52. The van der Waals surface area contributed by atoms with Crippen molar-refractivity contribution in [2.24, 2.45) is 5.41 Å². The van der Waals surface area contributed by atoms with Gasteiger partial charge < -0.3 is 14.7 Å². The van der Waals surface area contributed by atoms with Gasteiger partial charge in [-0.25, -0.2) is 4.79 Å². The summed E-state index contributed by atoms with van der Waals surface area (Å²) in [5, 5.41) is 9.28. The van der Waals surface area contributed by atoms with Crippen molar-refractivity contribution in [3.63, 3.8) is 0 Å². The van der Waals surface area contributed by atoms with Crippen LogP contribution < -0.4 is 0 Å². The monoisotopic (exact) mass is 255 g/mol. The van der Waals surface area contributed by atoms with Crippen LogP contribution in [0.15, 0.2) is 0 Å². The first-order valence-corrected chi connectivity index (χ1v) is 6.91. The fraction of sp³-hybridized carbons (Fsp3) is 0.929. The maximum absolute atomic E-state index is 11.3. The predicted molar refractivity (Wildman–Crippen MR) is 69.6 cm³/mol.